The third-order valence-corrected chi connectivity index (χ3v) is 5.96. The van der Waals surface area contributed by atoms with Gasteiger partial charge in [-0.15, -0.1) is 0 Å². The Morgan fingerprint density at radius 3 is 2.58 bits per heavy atom. The van der Waals surface area contributed by atoms with Crippen molar-refractivity contribution in [2.45, 2.75) is 84.1 Å². The van der Waals surface area contributed by atoms with Crippen LogP contribution in [0.15, 0.2) is 6.07 Å². The minimum absolute atomic E-state index is 0.209. The van der Waals surface area contributed by atoms with E-state index in [1.807, 2.05) is 0 Å². The first kappa shape index (κ1) is 19.7. The normalized spacial score (nSPS) is 17.5. The third kappa shape index (κ3) is 5.00. The smallest absolute Gasteiger partial charge is 0.124 e. The van der Waals surface area contributed by atoms with Crippen LogP contribution in [0.3, 0.4) is 0 Å². The Kier molecular flexibility index (Phi) is 7.79. The SMILES string of the molecule is CCCc1cc(OCCCCCF)c(CN2CCCCC2)c2c1CCC2. The minimum Gasteiger partial charge on any atom is -0.493 e. The number of benzene rings is 1. The Balaban J connectivity index is 1.79. The molecule has 1 aliphatic heterocycles. The molecule has 1 aliphatic carbocycles. The number of likely N-dealkylation sites (tertiary alicyclic amines) is 1. The predicted octanol–water partition coefficient (Wildman–Crippen LogP) is 5.63. The molecule has 26 heavy (non-hydrogen) atoms. The van der Waals surface area contributed by atoms with Gasteiger partial charge in [-0.25, -0.2) is 0 Å². The molecule has 0 spiro atoms. The van der Waals surface area contributed by atoms with Crippen LogP contribution in [-0.4, -0.2) is 31.3 Å². The summed E-state index contributed by atoms with van der Waals surface area (Å²) in [5, 5.41) is 0. The van der Waals surface area contributed by atoms with Crippen LogP contribution >= 0.6 is 0 Å². The zero-order valence-corrected chi connectivity index (χ0v) is 16.6. The van der Waals surface area contributed by atoms with Crippen LogP contribution in [0.25, 0.3) is 0 Å². The molecule has 0 saturated carbocycles. The molecule has 2 aliphatic rings. The van der Waals surface area contributed by atoms with Gasteiger partial charge in [0.25, 0.3) is 0 Å². The first-order chi connectivity index (χ1) is 12.8. The molecule has 0 atom stereocenters. The van der Waals surface area contributed by atoms with Crippen LogP contribution in [0.1, 0.15) is 80.5 Å². The number of alkyl halides is 1. The number of piperidine rings is 1. The number of fused-ring (bicyclic) bond motifs is 1. The van der Waals surface area contributed by atoms with Crippen molar-refractivity contribution in [3.8, 4) is 5.75 Å². The van der Waals surface area contributed by atoms with Crippen molar-refractivity contribution in [3.05, 3.63) is 28.3 Å². The fourth-order valence-corrected chi connectivity index (χ4v) is 4.60. The molecule has 1 fully saturated rings. The van der Waals surface area contributed by atoms with Crippen molar-refractivity contribution >= 4 is 0 Å². The highest BCUT2D eigenvalue weighted by Gasteiger charge is 2.24. The molecular weight excluding hydrogens is 325 g/mol. The number of rotatable bonds is 10. The summed E-state index contributed by atoms with van der Waals surface area (Å²) in [7, 11) is 0. The van der Waals surface area contributed by atoms with Crippen LogP contribution in [-0.2, 0) is 25.8 Å². The highest BCUT2D eigenvalue weighted by molar-refractivity contribution is 5.52. The second-order valence-corrected chi connectivity index (χ2v) is 8.01. The summed E-state index contributed by atoms with van der Waals surface area (Å²) in [4.78, 5) is 2.62. The van der Waals surface area contributed by atoms with E-state index in [0.717, 1.165) is 38.2 Å². The molecule has 3 heteroatoms. The Hall–Kier alpha value is -1.09. The fraction of sp³-hybridized carbons (Fsp3) is 0.739. The van der Waals surface area contributed by atoms with Crippen LogP contribution in [0.4, 0.5) is 4.39 Å². The first-order valence-electron chi connectivity index (χ1n) is 10.9. The lowest BCUT2D eigenvalue weighted by molar-refractivity contribution is 0.214. The number of ether oxygens (including phenoxy) is 1. The van der Waals surface area contributed by atoms with E-state index in [0.29, 0.717) is 6.42 Å². The van der Waals surface area contributed by atoms with E-state index in [1.54, 1.807) is 11.1 Å². The predicted molar refractivity (Wildman–Crippen MR) is 107 cm³/mol. The molecule has 0 amide bonds. The number of nitrogens with zero attached hydrogens (tertiary/aromatic N) is 1. The molecule has 0 bridgehead atoms. The van der Waals surface area contributed by atoms with Gasteiger partial charge in [-0.3, -0.25) is 9.29 Å². The summed E-state index contributed by atoms with van der Waals surface area (Å²) in [5.41, 5.74) is 6.20. The molecule has 146 valence electrons. The van der Waals surface area contributed by atoms with Crippen LogP contribution in [0.5, 0.6) is 5.75 Å². The summed E-state index contributed by atoms with van der Waals surface area (Å²) in [6, 6.07) is 2.35. The summed E-state index contributed by atoms with van der Waals surface area (Å²) in [6.07, 6.45) is 12.7. The zero-order valence-electron chi connectivity index (χ0n) is 16.6. The molecule has 1 saturated heterocycles. The third-order valence-electron chi connectivity index (χ3n) is 5.96. The maximum Gasteiger partial charge on any atom is 0.124 e. The number of unbranched alkanes of at least 4 members (excludes halogenated alkanes) is 2. The Labute approximate surface area is 159 Å². The zero-order chi connectivity index (χ0) is 18.2. The molecule has 0 unspecified atom stereocenters. The quantitative estimate of drug-likeness (QED) is 0.501. The van der Waals surface area contributed by atoms with Gasteiger partial charge in [-0.05, 0) is 93.6 Å². The molecule has 3 rings (SSSR count). The highest BCUT2D eigenvalue weighted by Crippen LogP contribution is 2.37. The van der Waals surface area contributed by atoms with Gasteiger partial charge in [0.15, 0.2) is 0 Å². The largest absolute Gasteiger partial charge is 0.493 e. The summed E-state index contributed by atoms with van der Waals surface area (Å²) >= 11 is 0. The average molecular weight is 362 g/mol. The van der Waals surface area contributed by atoms with Gasteiger partial charge in [0.1, 0.15) is 5.75 Å². The molecule has 1 heterocycles. The molecular formula is C23H36FNO. The molecule has 0 radical (unpaired) electrons. The lowest BCUT2D eigenvalue weighted by Gasteiger charge is -2.29. The standard InChI is InChI=1S/C23H36FNO/c1-2-10-19-17-23(26-16-8-3-5-13-24)22(21-12-9-11-20(19)21)18-25-14-6-4-7-15-25/h17H,2-16,18H2,1H3. The molecule has 1 aromatic carbocycles. The van der Waals surface area contributed by atoms with E-state index < -0.39 is 0 Å². The maximum atomic E-state index is 12.3. The minimum atomic E-state index is -0.209. The van der Waals surface area contributed by atoms with Crippen molar-refractivity contribution in [3.63, 3.8) is 0 Å². The Morgan fingerprint density at radius 2 is 1.81 bits per heavy atom. The van der Waals surface area contributed by atoms with Crippen LogP contribution < -0.4 is 4.74 Å². The van der Waals surface area contributed by atoms with Gasteiger partial charge < -0.3 is 4.74 Å². The van der Waals surface area contributed by atoms with Crippen molar-refractivity contribution in [1.82, 2.24) is 4.90 Å². The van der Waals surface area contributed by atoms with Crippen molar-refractivity contribution in [1.29, 1.82) is 0 Å². The number of aryl methyl sites for hydroxylation is 1. The second kappa shape index (κ2) is 10.3. The van der Waals surface area contributed by atoms with Crippen molar-refractivity contribution in [2.75, 3.05) is 26.4 Å². The molecule has 2 nitrogen and oxygen atoms in total. The van der Waals surface area contributed by atoms with Gasteiger partial charge >= 0.3 is 0 Å². The van der Waals surface area contributed by atoms with Gasteiger partial charge in [0, 0.05) is 12.1 Å². The average Bonchev–Trinajstić information content (AvgIpc) is 3.15. The Bertz CT molecular complexity index is 566. The number of hydrogen-bond donors (Lipinski definition) is 0. The maximum absolute atomic E-state index is 12.3. The van der Waals surface area contributed by atoms with Crippen LogP contribution in [0.2, 0.25) is 0 Å². The number of hydrogen-bond acceptors (Lipinski definition) is 2. The van der Waals surface area contributed by atoms with Crippen LogP contribution in [0, 0.1) is 0 Å². The monoisotopic (exact) mass is 361 g/mol. The van der Waals surface area contributed by atoms with Gasteiger partial charge in [0.2, 0.25) is 0 Å². The van der Waals surface area contributed by atoms with E-state index in [4.69, 9.17) is 4.74 Å². The van der Waals surface area contributed by atoms with Crippen molar-refractivity contribution in [2.24, 2.45) is 0 Å². The van der Waals surface area contributed by atoms with E-state index in [-0.39, 0.29) is 6.67 Å². The van der Waals surface area contributed by atoms with E-state index in [2.05, 4.69) is 17.9 Å². The van der Waals surface area contributed by atoms with E-state index >= 15 is 0 Å². The molecule has 0 aromatic heterocycles. The highest BCUT2D eigenvalue weighted by atomic mass is 19.1. The van der Waals surface area contributed by atoms with Crippen molar-refractivity contribution < 1.29 is 9.13 Å². The fourth-order valence-electron chi connectivity index (χ4n) is 4.60. The van der Waals surface area contributed by atoms with Gasteiger partial charge in [-0.2, -0.15) is 0 Å². The van der Waals surface area contributed by atoms with Gasteiger partial charge in [0.05, 0.1) is 13.3 Å². The van der Waals surface area contributed by atoms with Gasteiger partial charge in [-0.1, -0.05) is 19.8 Å². The molecule has 1 aromatic rings. The summed E-state index contributed by atoms with van der Waals surface area (Å²) in [6.45, 7) is 6.27. The Morgan fingerprint density at radius 1 is 1.00 bits per heavy atom. The lowest BCUT2D eigenvalue weighted by atomic mass is 9.94. The number of halogens is 1. The second-order valence-electron chi connectivity index (χ2n) is 8.01. The summed E-state index contributed by atoms with van der Waals surface area (Å²) < 4.78 is 18.6. The molecule has 0 N–H and O–H groups in total. The summed E-state index contributed by atoms with van der Waals surface area (Å²) in [5.74, 6) is 1.12. The van der Waals surface area contributed by atoms with E-state index in [9.17, 15) is 4.39 Å². The van der Waals surface area contributed by atoms with E-state index in [1.165, 1.54) is 69.2 Å². The topological polar surface area (TPSA) is 12.5 Å². The first-order valence-corrected chi connectivity index (χ1v) is 10.9. The lowest BCUT2D eigenvalue weighted by Crippen LogP contribution is -2.29.